The number of rotatable bonds is 6. The molecule has 2 fully saturated rings. The Labute approximate surface area is 329 Å². The van der Waals surface area contributed by atoms with Gasteiger partial charge in [-0.05, 0) is 141 Å². The molecule has 0 unspecified atom stereocenters. The van der Waals surface area contributed by atoms with Crippen LogP contribution in [0.2, 0.25) is 0 Å². The quantitative estimate of drug-likeness (QED) is 0.166. The Balaban J connectivity index is 1.09. The molecule has 6 aromatic carbocycles. The summed E-state index contributed by atoms with van der Waals surface area (Å²) < 4.78 is 0. The standard InChI is InChI=1S/C54H55N/c1-53(2)47-22-12-11-19-45(47)51-43(20-13-23-48(51)53)44-21-14-24-49-52(44)46-34-33-42(35-50(46)54(49,3)4)55(40-29-25-38(26-30-40)36-15-7-5-8-16-36)41-31-27-39(28-32-41)37-17-9-6-10-18-37/h11-14,19-37H,5-10,15-18H2,1-4H3. The van der Waals surface area contributed by atoms with E-state index in [-0.39, 0.29) is 10.8 Å². The van der Waals surface area contributed by atoms with Gasteiger partial charge < -0.3 is 4.90 Å². The van der Waals surface area contributed by atoms with E-state index in [2.05, 4.69) is 160 Å². The third-order valence-electron chi connectivity index (χ3n) is 14.3. The van der Waals surface area contributed by atoms with E-state index in [1.165, 1.54) is 148 Å². The lowest BCUT2D eigenvalue weighted by molar-refractivity contribution is 0.443. The molecule has 0 aromatic heterocycles. The first kappa shape index (κ1) is 34.6. The molecule has 0 amide bonds. The fraction of sp³-hybridized carbons (Fsp3) is 0.333. The van der Waals surface area contributed by atoms with Crippen molar-refractivity contribution >= 4 is 17.1 Å². The second-order valence-corrected chi connectivity index (χ2v) is 18.2. The summed E-state index contributed by atoms with van der Waals surface area (Å²) >= 11 is 0. The highest BCUT2D eigenvalue weighted by Crippen LogP contribution is 2.57. The van der Waals surface area contributed by atoms with Crippen LogP contribution in [0.4, 0.5) is 17.1 Å². The van der Waals surface area contributed by atoms with Gasteiger partial charge >= 0.3 is 0 Å². The highest BCUT2D eigenvalue weighted by molar-refractivity contribution is 6.00. The van der Waals surface area contributed by atoms with Crippen LogP contribution in [0.25, 0.3) is 33.4 Å². The fourth-order valence-electron chi connectivity index (χ4n) is 11.2. The van der Waals surface area contributed by atoms with Crippen molar-refractivity contribution in [1.82, 2.24) is 0 Å². The third kappa shape index (κ3) is 5.63. The average molecular weight is 718 g/mol. The molecule has 0 spiro atoms. The summed E-state index contributed by atoms with van der Waals surface area (Å²) in [5.74, 6) is 1.40. The van der Waals surface area contributed by atoms with Crippen LogP contribution in [-0.2, 0) is 10.8 Å². The van der Waals surface area contributed by atoms with E-state index >= 15 is 0 Å². The normalized spacial score (nSPS) is 18.3. The number of anilines is 3. The minimum Gasteiger partial charge on any atom is -0.310 e. The number of nitrogens with zero attached hydrogens (tertiary/aromatic N) is 1. The van der Waals surface area contributed by atoms with Crippen LogP contribution in [0, 0.1) is 0 Å². The van der Waals surface area contributed by atoms with Gasteiger partial charge in [0.05, 0.1) is 0 Å². The highest BCUT2D eigenvalue weighted by atomic mass is 15.1. The van der Waals surface area contributed by atoms with Crippen molar-refractivity contribution in [2.24, 2.45) is 0 Å². The van der Waals surface area contributed by atoms with E-state index in [0.717, 1.165) is 0 Å². The van der Waals surface area contributed by atoms with Crippen molar-refractivity contribution in [2.75, 3.05) is 4.90 Å². The second-order valence-electron chi connectivity index (χ2n) is 18.2. The lowest BCUT2D eigenvalue weighted by Crippen LogP contribution is -2.16. The molecule has 10 rings (SSSR count). The fourth-order valence-corrected chi connectivity index (χ4v) is 11.2. The van der Waals surface area contributed by atoms with Crippen molar-refractivity contribution in [1.29, 1.82) is 0 Å². The zero-order valence-corrected chi connectivity index (χ0v) is 33.3. The molecule has 55 heavy (non-hydrogen) atoms. The summed E-state index contributed by atoms with van der Waals surface area (Å²) in [4.78, 5) is 2.51. The molecule has 6 aromatic rings. The maximum atomic E-state index is 2.51. The van der Waals surface area contributed by atoms with Gasteiger partial charge in [0.2, 0.25) is 0 Å². The molecule has 0 N–H and O–H groups in total. The minimum atomic E-state index is -0.146. The van der Waals surface area contributed by atoms with Gasteiger partial charge in [-0.25, -0.2) is 0 Å². The Bertz CT molecular complexity index is 2320. The summed E-state index contributed by atoms with van der Waals surface area (Å²) in [5, 5.41) is 0. The molecule has 276 valence electrons. The van der Waals surface area contributed by atoms with Crippen molar-refractivity contribution < 1.29 is 0 Å². The first-order valence-corrected chi connectivity index (χ1v) is 21.3. The predicted molar refractivity (Wildman–Crippen MR) is 233 cm³/mol. The van der Waals surface area contributed by atoms with Gasteiger partial charge in [-0.1, -0.05) is 157 Å². The van der Waals surface area contributed by atoms with Crippen LogP contribution in [-0.4, -0.2) is 0 Å². The molecule has 0 radical (unpaired) electrons. The zero-order chi connectivity index (χ0) is 37.3. The molecule has 4 aliphatic carbocycles. The van der Waals surface area contributed by atoms with Gasteiger partial charge in [-0.2, -0.15) is 0 Å². The summed E-state index contributed by atoms with van der Waals surface area (Å²) in [6.07, 6.45) is 13.5. The van der Waals surface area contributed by atoms with Crippen LogP contribution in [0.15, 0.2) is 127 Å². The Morgan fingerprint density at radius 3 is 1.33 bits per heavy atom. The van der Waals surface area contributed by atoms with E-state index in [1.54, 1.807) is 0 Å². The number of fused-ring (bicyclic) bond motifs is 6. The van der Waals surface area contributed by atoms with E-state index in [1.807, 2.05) is 0 Å². The molecule has 4 aliphatic rings. The van der Waals surface area contributed by atoms with Gasteiger partial charge in [-0.15, -0.1) is 0 Å². The number of hydrogen-bond acceptors (Lipinski definition) is 1. The molecule has 0 bridgehead atoms. The Kier molecular flexibility index (Phi) is 8.43. The van der Waals surface area contributed by atoms with Gasteiger partial charge in [0.25, 0.3) is 0 Å². The highest BCUT2D eigenvalue weighted by Gasteiger charge is 2.40. The molecule has 2 saturated carbocycles. The SMILES string of the molecule is CC1(C)c2ccccc2-c2c(-c3cccc4c3-c3ccc(N(c5ccc(C6CCCCC6)cc5)c5ccc(C6CCCCC6)cc5)cc3C4(C)C)cccc21. The Morgan fingerprint density at radius 1 is 0.382 bits per heavy atom. The Morgan fingerprint density at radius 2 is 0.800 bits per heavy atom. The smallest absolute Gasteiger partial charge is 0.0465 e. The van der Waals surface area contributed by atoms with Crippen LogP contribution in [0.3, 0.4) is 0 Å². The first-order chi connectivity index (χ1) is 26.8. The van der Waals surface area contributed by atoms with Crippen LogP contribution in [0.5, 0.6) is 0 Å². The van der Waals surface area contributed by atoms with E-state index in [0.29, 0.717) is 11.8 Å². The predicted octanol–water partition coefficient (Wildman–Crippen LogP) is 15.5. The summed E-state index contributed by atoms with van der Waals surface area (Å²) in [5.41, 5.74) is 20.4. The molecular formula is C54H55N. The summed E-state index contributed by atoms with van der Waals surface area (Å²) in [6.45, 7) is 9.63. The molecule has 0 aliphatic heterocycles. The van der Waals surface area contributed by atoms with E-state index in [9.17, 15) is 0 Å². The zero-order valence-electron chi connectivity index (χ0n) is 33.3. The van der Waals surface area contributed by atoms with Crippen molar-refractivity contribution in [3.8, 4) is 33.4 Å². The van der Waals surface area contributed by atoms with Gasteiger partial charge in [0.15, 0.2) is 0 Å². The van der Waals surface area contributed by atoms with Crippen LogP contribution < -0.4 is 4.90 Å². The first-order valence-electron chi connectivity index (χ1n) is 21.3. The summed E-state index contributed by atoms with van der Waals surface area (Å²) in [6, 6.07) is 49.7. The number of hydrogen-bond donors (Lipinski definition) is 0. The monoisotopic (exact) mass is 717 g/mol. The molecule has 0 atom stereocenters. The van der Waals surface area contributed by atoms with Gasteiger partial charge in [0.1, 0.15) is 0 Å². The lowest BCUT2D eigenvalue weighted by Gasteiger charge is -2.29. The van der Waals surface area contributed by atoms with Crippen molar-refractivity contribution in [3.05, 3.63) is 161 Å². The van der Waals surface area contributed by atoms with Gasteiger partial charge in [-0.3, -0.25) is 0 Å². The largest absolute Gasteiger partial charge is 0.310 e. The van der Waals surface area contributed by atoms with E-state index in [4.69, 9.17) is 0 Å². The lowest BCUT2D eigenvalue weighted by atomic mass is 9.80. The van der Waals surface area contributed by atoms with Crippen LogP contribution in [0.1, 0.15) is 137 Å². The van der Waals surface area contributed by atoms with Crippen molar-refractivity contribution in [2.45, 2.75) is 115 Å². The third-order valence-corrected chi connectivity index (χ3v) is 14.3. The molecular weight excluding hydrogens is 663 g/mol. The topological polar surface area (TPSA) is 3.24 Å². The number of benzene rings is 6. The molecule has 0 saturated heterocycles. The Hall–Kier alpha value is -4.88. The maximum Gasteiger partial charge on any atom is 0.0465 e. The van der Waals surface area contributed by atoms with Crippen LogP contribution >= 0.6 is 0 Å². The van der Waals surface area contributed by atoms with Crippen molar-refractivity contribution in [3.63, 3.8) is 0 Å². The minimum absolute atomic E-state index is 0.0291. The average Bonchev–Trinajstić information content (AvgIpc) is 3.61. The molecule has 1 nitrogen and oxygen atoms in total. The van der Waals surface area contributed by atoms with E-state index < -0.39 is 0 Å². The molecule has 1 heteroatoms. The molecule has 0 heterocycles. The maximum absolute atomic E-state index is 2.51. The second kappa shape index (κ2) is 13.4. The summed E-state index contributed by atoms with van der Waals surface area (Å²) in [7, 11) is 0. The van der Waals surface area contributed by atoms with Gasteiger partial charge in [0, 0.05) is 27.9 Å².